The first-order valence-corrected chi connectivity index (χ1v) is 11.3. The van der Waals surface area contributed by atoms with E-state index in [1.54, 1.807) is 51.2 Å². The van der Waals surface area contributed by atoms with E-state index < -0.39 is 10.0 Å². The Morgan fingerprint density at radius 2 is 1.74 bits per heavy atom. The molecule has 0 radical (unpaired) electrons. The Morgan fingerprint density at radius 3 is 2.29 bits per heavy atom. The van der Waals surface area contributed by atoms with Gasteiger partial charge in [-0.25, -0.2) is 8.42 Å². The first-order chi connectivity index (χ1) is 14.6. The molecule has 9 heteroatoms. The van der Waals surface area contributed by atoms with E-state index in [2.05, 4.69) is 4.98 Å². The Kier molecular flexibility index (Phi) is 8.55. The molecule has 0 N–H and O–H groups in total. The van der Waals surface area contributed by atoms with Crippen LogP contribution in [-0.4, -0.2) is 69.5 Å². The summed E-state index contributed by atoms with van der Waals surface area (Å²) in [6.45, 7) is 5.93. The SMILES string of the molecule is COc1cc(C)c(S(=O)(=O)N(C)CCOCC(=O)N(C)Cc2ccc(C)nc2)c(C)c1. The Hall–Kier alpha value is -2.49. The van der Waals surface area contributed by atoms with Gasteiger partial charge in [0.05, 0.1) is 18.6 Å². The van der Waals surface area contributed by atoms with Crippen LogP contribution in [0.2, 0.25) is 0 Å². The zero-order chi connectivity index (χ0) is 23.2. The molecule has 31 heavy (non-hydrogen) atoms. The highest BCUT2D eigenvalue weighted by Crippen LogP contribution is 2.27. The molecule has 0 atom stereocenters. The Labute approximate surface area is 184 Å². The molecular formula is C22H31N3O5S. The zero-order valence-electron chi connectivity index (χ0n) is 19.0. The molecule has 1 heterocycles. The van der Waals surface area contributed by atoms with E-state index in [1.165, 1.54) is 11.4 Å². The van der Waals surface area contributed by atoms with Crippen LogP contribution in [0.15, 0.2) is 35.4 Å². The van der Waals surface area contributed by atoms with Crippen LogP contribution in [0.1, 0.15) is 22.4 Å². The molecule has 0 aliphatic carbocycles. The van der Waals surface area contributed by atoms with E-state index in [1.807, 2.05) is 19.1 Å². The minimum Gasteiger partial charge on any atom is -0.497 e. The minimum absolute atomic E-state index is 0.107. The van der Waals surface area contributed by atoms with Gasteiger partial charge in [-0.15, -0.1) is 0 Å². The molecule has 0 bridgehead atoms. The fourth-order valence-electron chi connectivity index (χ4n) is 3.13. The molecule has 0 spiro atoms. The molecular weight excluding hydrogens is 418 g/mol. The number of aryl methyl sites for hydroxylation is 3. The van der Waals surface area contributed by atoms with E-state index in [4.69, 9.17) is 9.47 Å². The van der Waals surface area contributed by atoms with Crippen LogP contribution in [0.4, 0.5) is 0 Å². The lowest BCUT2D eigenvalue weighted by Crippen LogP contribution is -2.33. The summed E-state index contributed by atoms with van der Waals surface area (Å²) in [7, 11) is 1.04. The summed E-state index contributed by atoms with van der Waals surface area (Å²) in [5.41, 5.74) is 3.08. The lowest BCUT2D eigenvalue weighted by atomic mass is 10.1. The summed E-state index contributed by atoms with van der Waals surface area (Å²) in [5, 5.41) is 0. The van der Waals surface area contributed by atoms with E-state index >= 15 is 0 Å². The van der Waals surface area contributed by atoms with Crippen molar-refractivity contribution in [3.05, 3.63) is 52.8 Å². The fourth-order valence-corrected chi connectivity index (χ4v) is 4.69. The first-order valence-electron chi connectivity index (χ1n) is 9.91. The normalized spacial score (nSPS) is 11.6. The Morgan fingerprint density at radius 1 is 1.10 bits per heavy atom. The second-order valence-electron chi connectivity index (χ2n) is 7.53. The minimum atomic E-state index is -3.69. The lowest BCUT2D eigenvalue weighted by Gasteiger charge is -2.21. The summed E-state index contributed by atoms with van der Waals surface area (Å²) < 4.78 is 37.8. The number of likely N-dealkylation sites (N-methyl/N-ethyl adjacent to an activating group) is 2. The van der Waals surface area contributed by atoms with Crippen molar-refractivity contribution in [2.75, 3.05) is 41.0 Å². The molecule has 2 aromatic rings. The van der Waals surface area contributed by atoms with Crippen LogP contribution in [0, 0.1) is 20.8 Å². The molecule has 0 fully saturated rings. The molecule has 0 saturated carbocycles. The van der Waals surface area contributed by atoms with Gasteiger partial charge in [0, 0.05) is 39.1 Å². The van der Waals surface area contributed by atoms with Crippen LogP contribution in [0.5, 0.6) is 5.75 Å². The molecule has 170 valence electrons. The smallest absolute Gasteiger partial charge is 0.248 e. The average Bonchev–Trinajstić information content (AvgIpc) is 2.71. The molecule has 0 saturated heterocycles. The maximum absolute atomic E-state index is 13.0. The van der Waals surface area contributed by atoms with Gasteiger partial charge < -0.3 is 14.4 Å². The number of rotatable bonds is 10. The number of aromatic nitrogens is 1. The van der Waals surface area contributed by atoms with Crippen molar-refractivity contribution >= 4 is 15.9 Å². The average molecular weight is 450 g/mol. The second kappa shape index (κ2) is 10.7. The number of carbonyl (C=O) groups excluding carboxylic acids is 1. The second-order valence-corrected chi connectivity index (χ2v) is 9.51. The fraction of sp³-hybridized carbons (Fsp3) is 0.455. The number of nitrogens with zero attached hydrogens (tertiary/aromatic N) is 3. The van der Waals surface area contributed by atoms with Gasteiger partial charge in [0.1, 0.15) is 12.4 Å². The third kappa shape index (κ3) is 6.49. The van der Waals surface area contributed by atoms with E-state index in [9.17, 15) is 13.2 Å². The number of methoxy groups -OCH3 is 1. The van der Waals surface area contributed by atoms with E-state index in [0.29, 0.717) is 23.4 Å². The molecule has 8 nitrogen and oxygen atoms in total. The third-order valence-electron chi connectivity index (χ3n) is 4.93. The molecule has 2 rings (SSSR count). The van der Waals surface area contributed by atoms with Gasteiger partial charge in [-0.3, -0.25) is 9.78 Å². The number of pyridine rings is 1. The quantitative estimate of drug-likeness (QED) is 0.517. The van der Waals surface area contributed by atoms with Crippen molar-refractivity contribution in [1.29, 1.82) is 0 Å². The van der Waals surface area contributed by atoms with Gasteiger partial charge in [0.15, 0.2) is 0 Å². The van der Waals surface area contributed by atoms with E-state index in [-0.39, 0.29) is 30.6 Å². The number of hydrogen-bond donors (Lipinski definition) is 0. The first kappa shape index (κ1) is 24.8. The van der Waals surface area contributed by atoms with Gasteiger partial charge in [0.25, 0.3) is 0 Å². The monoisotopic (exact) mass is 449 g/mol. The van der Waals surface area contributed by atoms with Gasteiger partial charge in [0.2, 0.25) is 15.9 Å². The zero-order valence-corrected chi connectivity index (χ0v) is 19.8. The van der Waals surface area contributed by atoms with Gasteiger partial charge in [-0.1, -0.05) is 6.07 Å². The summed E-state index contributed by atoms with van der Waals surface area (Å²) >= 11 is 0. The highest BCUT2D eigenvalue weighted by molar-refractivity contribution is 7.89. The standard InChI is InChI=1S/C22H31N3O5S/c1-16-11-20(29-6)12-17(2)22(16)31(27,28)25(5)9-10-30-15-21(26)24(4)14-19-8-7-18(3)23-13-19/h7-8,11-13H,9-10,14-15H2,1-6H3. The highest BCUT2D eigenvalue weighted by Gasteiger charge is 2.25. The molecule has 1 aromatic heterocycles. The lowest BCUT2D eigenvalue weighted by molar-refractivity contribution is -0.135. The summed E-state index contributed by atoms with van der Waals surface area (Å²) in [6, 6.07) is 7.22. The summed E-state index contributed by atoms with van der Waals surface area (Å²) in [6.07, 6.45) is 1.74. The summed E-state index contributed by atoms with van der Waals surface area (Å²) in [5.74, 6) is 0.428. The van der Waals surface area contributed by atoms with Crippen molar-refractivity contribution in [1.82, 2.24) is 14.2 Å². The molecule has 1 amide bonds. The topological polar surface area (TPSA) is 89.0 Å². The molecule has 0 aliphatic rings. The van der Waals surface area contributed by atoms with Crippen LogP contribution in [0.3, 0.4) is 0 Å². The van der Waals surface area contributed by atoms with Crippen LogP contribution < -0.4 is 4.74 Å². The number of amides is 1. The van der Waals surface area contributed by atoms with Crippen LogP contribution >= 0.6 is 0 Å². The third-order valence-corrected chi connectivity index (χ3v) is 7.10. The largest absolute Gasteiger partial charge is 0.497 e. The van der Waals surface area contributed by atoms with Crippen molar-refractivity contribution < 1.29 is 22.7 Å². The predicted molar refractivity (Wildman–Crippen MR) is 119 cm³/mol. The van der Waals surface area contributed by atoms with Crippen molar-refractivity contribution in [2.45, 2.75) is 32.2 Å². The van der Waals surface area contributed by atoms with Crippen molar-refractivity contribution in [3.8, 4) is 5.75 Å². The number of sulfonamides is 1. The predicted octanol–water partition coefficient (Wildman–Crippen LogP) is 2.31. The number of hydrogen-bond acceptors (Lipinski definition) is 6. The van der Waals surface area contributed by atoms with Gasteiger partial charge in [-0.05, 0) is 55.7 Å². The van der Waals surface area contributed by atoms with Crippen LogP contribution in [0.25, 0.3) is 0 Å². The van der Waals surface area contributed by atoms with Crippen molar-refractivity contribution in [2.24, 2.45) is 0 Å². The molecule has 1 aromatic carbocycles. The Bertz CT molecular complexity index is 983. The summed E-state index contributed by atoms with van der Waals surface area (Å²) in [4.78, 5) is 18.3. The number of benzene rings is 1. The van der Waals surface area contributed by atoms with Crippen molar-refractivity contribution in [3.63, 3.8) is 0 Å². The highest BCUT2D eigenvalue weighted by atomic mass is 32.2. The number of carbonyl (C=O) groups is 1. The molecule has 0 aliphatic heterocycles. The maximum Gasteiger partial charge on any atom is 0.248 e. The molecule has 0 unspecified atom stereocenters. The van der Waals surface area contributed by atoms with Gasteiger partial charge in [-0.2, -0.15) is 4.31 Å². The van der Waals surface area contributed by atoms with Crippen LogP contribution in [-0.2, 0) is 26.1 Å². The van der Waals surface area contributed by atoms with E-state index in [0.717, 1.165) is 11.3 Å². The Balaban J connectivity index is 1.87. The number of ether oxygens (including phenoxy) is 2. The maximum atomic E-state index is 13.0. The van der Waals surface area contributed by atoms with Gasteiger partial charge >= 0.3 is 0 Å².